The van der Waals surface area contributed by atoms with Gasteiger partial charge in [0, 0.05) is 13.1 Å². The summed E-state index contributed by atoms with van der Waals surface area (Å²) in [7, 11) is 0. The Morgan fingerprint density at radius 2 is 1.63 bits per heavy atom. The largest absolute Gasteiger partial charge is 0.354 e. The Balaban J connectivity index is 2.45. The molecule has 8 heteroatoms. The number of rotatable bonds is 13. The lowest BCUT2D eigenvalue weighted by Gasteiger charge is -2.20. The van der Waals surface area contributed by atoms with Crippen molar-refractivity contribution < 1.29 is 19.1 Å². The number of hydrazine groups is 1. The maximum atomic E-state index is 12.4. The van der Waals surface area contributed by atoms with Crippen molar-refractivity contribution in [1.29, 1.82) is 0 Å². The van der Waals surface area contributed by atoms with Gasteiger partial charge in [-0.25, -0.2) is 5.43 Å². The van der Waals surface area contributed by atoms with Gasteiger partial charge in [-0.2, -0.15) is 0 Å². The Morgan fingerprint density at radius 3 is 2.22 bits per heavy atom. The van der Waals surface area contributed by atoms with E-state index < -0.39 is 24.2 Å². The van der Waals surface area contributed by atoms with E-state index in [0.29, 0.717) is 25.4 Å². The predicted octanol–water partition coefficient (Wildman–Crippen LogP) is 0.868. The maximum Gasteiger partial charge on any atom is 0.266 e. The van der Waals surface area contributed by atoms with E-state index in [9.17, 15) is 14.4 Å². The molecular weight excluding hydrogens is 348 g/mol. The van der Waals surface area contributed by atoms with Crippen molar-refractivity contribution in [3.8, 4) is 0 Å². The molecule has 3 amide bonds. The van der Waals surface area contributed by atoms with E-state index >= 15 is 0 Å². The molecule has 0 radical (unpaired) electrons. The fraction of sp³-hybridized carbons (Fsp3) is 0.842. The summed E-state index contributed by atoms with van der Waals surface area (Å²) >= 11 is 0. The molecule has 1 saturated heterocycles. The van der Waals surface area contributed by atoms with Crippen LogP contribution in [0, 0.1) is 11.8 Å². The smallest absolute Gasteiger partial charge is 0.266 e. The van der Waals surface area contributed by atoms with Crippen LogP contribution < -0.4 is 21.5 Å². The lowest BCUT2D eigenvalue weighted by Crippen LogP contribution is -2.49. The van der Waals surface area contributed by atoms with Gasteiger partial charge in [0.05, 0.1) is 0 Å². The first-order valence-corrected chi connectivity index (χ1v) is 10.0. The second-order valence-electron chi connectivity index (χ2n) is 7.91. The summed E-state index contributed by atoms with van der Waals surface area (Å²) in [5, 5.41) is 5.61. The van der Waals surface area contributed by atoms with Gasteiger partial charge in [-0.3, -0.25) is 19.8 Å². The summed E-state index contributed by atoms with van der Waals surface area (Å²) in [4.78, 5) is 36.7. The number of amides is 3. The number of carbonyl (C=O) groups excluding carboxylic acids is 3. The molecule has 0 unspecified atom stereocenters. The number of unbranched alkanes of at least 4 members (excludes halogenated alkanes) is 1. The molecule has 1 heterocycles. The van der Waals surface area contributed by atoms with Crippen molar-refractivity contribution >= 4 is 17.7 Å². The second-order valence-corrected chi connectivity index (χ2v) is 7.91. The third-order valence-electron chi connectivity index (χ3n) is 4.24. The zero-order valence-corrected chi connectivity index (χ0v) is 17.3. The Hall–Kier alpha value is -1.67. The van der Waals surface area contributed by atoms with Gasteiger partial charge in [0.25, 0.3) is 11.8 Å². The zero-order chi connectivity index (χ0) is 20.4. The van der Waals surface area contributed by atoms with Gasteiger partial charge >= 0.3 is 0 Å². The summed E-state index contributed by atoms with van der Waals surface area (Å²) in [5.41, 5.74) is 5.35. The van der Waals surface area contributed by atoms with Crippen molar-refractivity contribution in [2.75, 3.05) is 13.1 Å². The van der Waals surface area contributed by atoms with Gasteiger partial charge in [-0.1, -0.05) is 41.0 Å². The van der Waals surface area contributed by atoms with Crippen LogP contribution in [0.3, 0.4) is 0 Å². The number of hydrogen-bond donors (Lipinski definition) is 4. The summed E-state index contributed by atoms with van der Waals surface area (Å²) in [5.74, 6) is -0.247. The Labute approximate surface area is 162 Å². The van der Waals surface area contributed by atoms with Gasteiger partial charge < -0.3 is 15.4 Å². The molecule has 27 heavy (non-hydrogen) atoms. The van der Waals surface area contributed by atoms with Crippen molar-refractivity contribution in [2.24, 2.45) is 11.8 Å². The third-order valence-corrected chi connectivity index (χ3v) is 4.24. The van der Waals surface area contributed by atoms with Crippen LogP contribution in [0.1, 0.15) is 60.3 Å². The minimum absolute atomic E-state index is 0.194. The molecule has 0 aromatic heterocycles. The van der Waals surface area contributed by atoms with Crippen LogP contribution in [0.25, 0.3) is 0 Å². The first-order chi connectivity index (χ1) is 12.8. The second kappa shape index (κ2) is 11.9. The van der Waals surface area contributed by atoms with E-state index in [1.54, 1.807) is 0 Å². The summed E-state index contributed by atoms with van der Waals surface area (Å²) < 4.78 is 5.20. The average molecular weight is 385 g/mol. The van der Waals surface area contributed by atoms with Gasteiger partial charge in [0.2, 0.25) is 5.91 Å². The molecule has 8 nitrogen and oxygen atoms in total. The molecule has 0 spiro atoms. The van der Waals surface area contributed by atoms with Gasteiger partial charge in [-0.05, 0) is 31.1 Å². The molecule has 156 valence electrons. The maximum absolute atomic E-state index is 12.4. The van der Waals surface area contributed by atoms with E-state index in [0.717, 1.165) is 19.3 Å². The van der Waals surface area contributed by atoms with Crippen molar-refractivity contribution in [3.63, 3.8) is 0 Å². The minimum Gasteiger partial charge on any atom is -0.354 e. The molecule has 1 aliphatic rings. The number of carbonyl (C=O) groups is 3. The van der Waals surface area contributed by atoms with Crippen molar-refractivity contribution in [2.45, 2.75) is 78.6 Å². The Kier molecular flexibility index (Phi) is 10.3. The lowest BCUT2D eigenvalue weighted by molar-refractivity contribution is -0.130. The molecule has 1 fully saturated rings. The fourth-order valence-electron chi connectivity index (χ4n) is 2.56. The predicted molar refractivity (Wildman–Crippen MR) is 104 cm³/mol. The first-order valence-electron chi connectivity index (χ1n) is 10.0. The number of nitrogens with one attached hydrogen (secondary N) is 4. The summed E-state index contributed by atoms with van der Waals surface area (Å²) in [6.45, 7) is 11.5. The van der Waals surface area contributed by atoms with Gasteiger partial charge in [0.15, 0.2) is 12.2 Å². The van der Waals surface area contributed by atoms with Crippen LogP contribution in [0.2, 0.25) is 0 Å². The topological polar surface area (TPSA) is 112 Å². The molecule has 0 aromatic rings. The van der Waals surface area contributed by atoms with E-state index in [-0.39, 0.29) is 17.7 Å². The number of ether oxygens (including phenoxy) is 1. The van der Waals surface area contributed by atoms with Crippen molar-refractivity contribution in [3.05, 3.63) is 0 Å². The van der Waals surface area contributed by atoms with Gasteiger partial charge in [-0.15, -0.1) is 0 Å². The van der Waals surface area contributed by atoms with Crippen molar-refractivity contribution in [1.82, 2.24) is 21.5 Å². The molecule has 0 aromatic carbocycles. The Morgan fingerprint density at radius 1 is 0.963 bits per heavy atom. The molecule has 3 atom stereocenters. The lowest BCUT2D eigenvalue weighted by atomic mass is 10.0. The van der Waals surface area contributed by atoms with Crippen LogP contribution in [-0.2, 0) is 19.1 Å². The summed E-state index contributed by atoms with van der Waals surface area (Å²) in [6, 6.07) is -0.625. The number of epoxide rings is 1. The highest BCUT2D eigenvalue weighted by Crippen LogP contribution is 2.22. The van der Waals surface area contributed by atoms with E-state index in [4.69, 9.17) is 4.74 Å². The first kappa shape index (κ1) is 23.4. The molecular formula is C19H36N4O4. The fourth-order valence-corrected chi connectivity index (χ4v) is 2.56. The molecule has 1 rings (SSSR count). The monoisotopic (exact) mass is 384 g/mol. The third kappa shape index (κ3) is 9.19. The van der Waals surface area contributed by atoms with E-state index in [1.807, 2.05) is 13.8 Å². The highest BCUT2D eigenvalue weighted by Gasteiger charge is 2.51. The zero-order valence-electron chi connectivity index (χ0n) is 17.3. The van der Waals surface area contributed by atoms with Gasteiger partial charge in [0.1, 0.15) is 6.04 Å². The molecule has 4 N–H and O–H groups in total. The van der Waals surface area contributed by atoms with E-state index in [1.165, 1.54) is 0 Å². The average Bonchev–Trinajstić information content (AvgIpc) is 3.38. The Bertz CT molecular complexity index is 496. The quantitative estimate of drug-likeness (QED) is 0.214. The molecule has 0 saturated carbocycles. The van der Waals surface area contributed by atoms with Crippen LogP contribution in [0.5, 0.6) is 0 Å². The highest BCUT2D eigenvalue weighted by molar-refractivity contribution is 5.96. The minimum atomic E-state index is -0.837. The summed E-state index contributed by atoms with van der Waals surface area (Å²) in [6.07, 6.45) is 1.73. The standard InChI is InChI=1S/C19H36N4O4/c1-6-7-9-21-23-19(26)16-15(27-16)18(25)22-14(11-13(4)5)17(24)20-10-8-12(2)3/h12-16,21H,6-11H2,1-5H3,(H,20,24)(H,22,25)(H,23,26)/t14-,15-,16-/m0/s1. The van der Waals surface area contributed by atoms with Crippen LogP contribution in [-0.4, -0.2) is 49.1 Å². The normalized spacial score (nSPS) is 19.7. The molecule has 0 bridgehead atoms. The highest BCUT2D eigenvalue weighted by atomic mass is 16.6. The SMILES string of the molecule is CCCCNNC(=O)[C@H]1O[C@@H]1C(=O)N[C@@H](CC(C)C)C(=O)NCCC(C)C. The number of hydrogen-bond acceptors (Lipinski definition) is 5. The van der Waals surface area contributed by atoms with Crippen LogP contribution >= 0.6 is 0 Å². The van der Waals surface area contributed by atoms with Crippen LogP contribution in [0.15, 0.2) is 0 Å². The molecule has 0 aliphatic carbocycles. The van der Waals surface area contributed by atoms with E-state index in [2.05, 4.69) is 42.3 Å². The van der Waals surface area contributed by atoms with Crippen LogP contribution in [0.4, 0.5) is 0 Å². The molecule has 1 aliphatic heterocycles.